The topological polar surface area (TPSA) is 92.9 Å². The fraction of sp³-hybridized carbons (Fsp3) is 0.571. The lowest BCUT2D eigenvalue weighted by molar-refractivity contribution is -0.135. The Morgan fingerprint density at radius 3 is 2.24 bits per heavy atom. The van der Waals surface area contributed by atoms with Crippen molar-refractivity contribution in [3.8, 4) is 5.75 Å². The van der Waals surface area contributed by atoms with Crippen LogP contribution in [0.25, 0.3) is 0 Å². The summed E-state index contributed by atoms with van der Waals surface area (Å²) in [7, 11) is 3.44. The largest absolute Gasteiger partial charge is 0.414 e. The molecule has 1 aliphatic carbocycles. The molecule has 29 heavy (non-hydrogen) atoms. The van der Waals surface area contributed by atoms with Crippen LogP contribution in [0.15, 0.2) is 24.3 Å². The van der Waals surface area contributed by atoms with Gasteiger partial charge in [-0.15, -0.1) is 0 Å². The van der Waals surface area contributed by atoms with Gasteiger partial charge < -0.3 is 20.3 Å². The van der Waals surface area contributed by atoms with Gasteiger partial charge >= 0.3 is 6.09 Å². The number of hydrogen-bond acceptors (Lipinski definition) is 4. The molecule has 1 saturated carbocycles. The predicted molar refractivity (Wildman–Crippen MR) is 112 cm³/mol. The third-order valence-corrected chi connectivity index (χ3v) is 5.72. The van der Waals surface area contributed by atoms with E-state index in [1.54, 1.807) is 48.2 Å². The molecule has 3 amide bonds. The second kappa shape index (κ2) is 11.0. The smallest absolute Gasteiger partial charge is 0.410 e. The Bertz CT molecular complexity index is 702. The second-order valence-corrected chi connectivity index (χ2v) is 8.16. The number of ether oxygens (including phenoxy) is 1. The van der Waals surface area contributed by atoms with Crippen LogP contribution in [0, 0.1) is 11.8 Å². The Hall–Kier alpha value is -2.28. The third-order valence-electron chi connectivity index (χ3n) is 5.47. The SMILES string of the molecule is CN(CC[C@H]1CC[C@H](C(=O)N(C)CCC(N)=O)CC1)C(=O)Oc1ccc(Cl)cc1. The molecule has 1 aliphatic rings. The normalized spacial score (nSPS) is 18.7. The molecule has 7 nitrogen and oxygen atoms in total. The quantitative estimate of drug-likeness (QED) is 0.694. The third kappa shape index (κ3) is 7.57. The van der Waals surface area contributed by atoms with Crippen molar-refractivity contribution < 1.29 is 19.1 Å². The minimum Gasteiger partial charge on any atom is -0.410 e. The number of amides is 3. The van der Waals surface area contributed by atoms with Gasteiger partial charge in [-0.05, 0) is 62.3 Å². The van der Waals surface area contributed by atoms with E-state index >= 15 is 0 Å². The molecule has 0 unspecified atom stereocenters. The molecule has 0 spiro atoms. The maximum atomic E-state index is 12.5. The van der Waals surface area contributed by atoms with E-state index in [1.165, 1.54) is 0 Å². The molecule has 1 fully saturated rings. The van der Waals surface area contributed by atoms with E-state index in [9.17, 15) is 14.4 Å². The van der Waals surface area contributed by atoms with Gasteiger partial charge in [0.25, 0.3) is 0 Å². The molecule has 0 saturated heterocycles. The highest BCUT2D eigenvalue weighted by molar-refractivity contribution is 6.30. The molecule has 2 N–H and O–H groups in total. The molecular weight excluding hydrogens is 394 g/mol. The van der Waals surface area contributed by atoms with E-state index in [1.807, 2.05) is 0 Å². The van der Waals surface area contributed by atoms with E-state index < -0.39 is 12.0 Å². The van der Waals surface area contributed by atoms with Gasteiger partial charge in [0.05, 0.1) is 0 Å². The van der Waals surface area contributed by atoms with Crippen molar-refractivity contribution in [2.24, 2.45) is 17.6 Å². The summed E-state index contributed by atoms with van der Waals surface area (Å²) in [5.41, 5.74) is 5.15. The lowest BCUT2D eigenvalue weighted by Crippen LogP contribution is -2.37. The summed E-state index contributed by atoms with van der Waals surface area (Å²) < 4.78 is 5.33. The first-order chi connectivity index (χ1) is 13.8. The maximum Gasteiger partial charge on any atom is 0.414 e. The summed E-state index contributed by atoms with van der Waals surface area (Å²) in [6.07, 6.45) is 4.26. The Morgan fingerprint density at radius 2 is 1.66 bits per heavy atom. The van der Waals surface area contributed by atoms with Crippen molar-refractivity contribution >= 4 is 29.5 Å². The number of carbonyl (C=O) groups is 3. The van der Waals surface area contributed by atoms with Gasteiger partial charge in [-0.1, -0.05) is 11.6 Å². The minimum atomic E-state index is -0.396. The molecule has 1 aromatic rings. The number of nitrogens with zero attached hydrogens (tertiary/aromatic N) is 2. The van der Waals surface area contributed by atoms with Crippen molar-refractivity contribution in [3.63, 3.8) is 0 Å². The van der Waals surface area contributed by atoms with Crippen LogP contribution < -0.4 is 10.5 Å². The fourth-order valence-corrected chi connectivity index (χ4v) is 3.67. The van der Waals surface area contributed by atoms with Crippen LogP contribution in [0.4, 0.5) is 4.79 Å². The van der Waals surface area contributed by atoms with Crippen molar-refractivity contribution in [2.45, 2.75) is 38.5 Å². The first-order valence-corrected chi connectivity index (χ1v) is 10.4. The summed E-state index contributed by atoms with van der Waals surface area (Å²) in [5.74, 6) is 0.656. The number of halogens is 1. The van der Waals surface area contributed by atoms with Crippen molar-refractivity contribution in [1.29, 1.82) is 0 Å². The number of nitrogens with two attached hydrogens (primary N) is 1. The summed E-state index contributed by atoms with van der Waals surface area (Å²) in [6, 6.07) is 6.67. The molecular formula is C21H30ClN3O4. The van der Waals surface area contributed by atoms with E-state index in [0.29, 0.717) is 29.8 Å². The zero-order valence-electron chi connectivity index (χ0n) is 17.1. The standard InChI is InChI=1S/C21H30ClN3O4/c1-24(14-12-19(23)26)20(27)16-5-3-15(4-6-16)11-13-25(2)21(28)29-18-9-7-17(22)8-10-18/h7-10,15-16H,3-6,11-14H2,1-2H3,(H2,23,26)/t15-,16-. The molecule has 8 heteroatoms. The Morgan fingerprint density at radius 1 is 1.03 bits per heavy atom. The van der Waals surface area contributed by atoms with Crippen LogP contribution in [-0.4, -0.2) is 54.9 Å². The molecule has 0 aliphatic heterocycles. The average Bonchev–Trinajstić information content (AvgIpc) is 2.71. The van der Waals surface area contributed by atoms with Crippen LogP contribution in [-0.2, 0) is 9.59 Å². The van der Waals surface area contributed by atoms with E-state index in [0.717, 1.165) is 32.1 Å². The summed E-state index contributed by atoms with van der Waals surface area (Å²) in [4.78, 5) is 38.7. The summed E-state index contributed by atoms with van der Waals surface area (Å²) in [5, 5.41) is 0.589. The van der Waals surface area contributed by atoms with Gasteiger partial charge in [-0.3, -0.25) is 9.59 Å². The van der Waals surface area contributed by atoms with Crippen LogP contribution in [0.2, 0.25) is 5.02 Å². The van der Waals surface area contributed by atoms with Crippen molar-refractivity contribution in [3.05, 3.63) is 29.3 Å². The fourth-order valence-electron chi connectivity index (χ4n) is 3.55. The first kappa shape index (κ1) is 23.0. The van der Waals surface area contributed by atoms with E-state index in [2.05, 4.69) is 0 Å². The number of hydrogen-bond donors (Lipinski definition) is 1. The summed E-state index contributed by atoms with van der Waals surface area (Å²) >= 11 is 5.83. The Labute approximate surface area is 177 Å². The highest BCUT2D eigenvalue weighted by Crippen LogP contribution is 2.32. The Balaban J connectivity index is 1.69. The average molecular weight is 424 g/mol. The monoisotopic (exact) mass is 423 g/mol. The van der Waals surface area contributed by atoms with Crippen LogP contribution >= 0.6 is 11.6 Å². The highest BCUT2D eigenvalue weighted by atomic mass is 35.5. The summed E-state index contributed by atoms with van der Waals surface area (Å²) in [6.45, 7) is 0.975. The first-order valence-electron chi connectivity index (χ1n) is 9.98. The van der Waals surface area contributed by atoms with E-state index in [4.69, 9.17) is 22.1 Å². The molecule has 1 aromatic carbocycles. The van der Waals surface area contributed by atoms with Crippen molar-refractivity contribution in [1.82, 2.24) is 9.80 Å². The zero-order valence-corrected chi connectivity index (χ0v) is 17.9. The minimum absolute atomic E-state index is 0.0109. The molecule has 0 bridgehead atoms. The molecule has 0 atom stereocenters. The van der Waals surface area contributed by atoms with Crippen molar-refractivity contribution in [2.75, 3.05) is 27.2 Å². The molecule has 0 heterocycles. The van der Waals surface area contributed by atoms with E-state index in [-0.39, 0.29) is 18.2 Å². The number of primary amides is 1. The maximum absolute atomic E-state index is 12.5. The predicted octanol–water partition coefficient (Wildman–Crippen LogP) is 3.30. The van der Waals surface area contributed by atoms with Gasteiger partial charge in [0.1, 0.15) is 5.75 Å². The molecule has 2 rings (SSSR count). The highest BCUT2D eigenvalue weighted by Gasteiger charge is 2.28. The van der Waals surface area contributed by atoms with Gasteiger partial charge in [-0.2, -0.15) is 0 Å². The van der Waals surface area contributed by atoms with Gasteiger partial charge in [-0.25, -0.2) is 4.79 Å². The molecule has 160 valence electrons. The van der Waals surface area contributed by atoms with Crippen LogP contribution in [0.3, 0.4) is 0 Å². The molecule has 0 aromatic heterocycles. The number of carbonyl (C=O) groups excluding carboxylic acids is 3. The zero-order chi connectivity index (χ0) is 21.4. The number of rotatable bonds is 8. The Kier molecular flexibility index (Phi) is 8.76. The van der Waals surface area contributed by atoms with Gasteiger partial charge in [0.15, 0.2) is 0 Å². The number of benzene rings is 1. The lowest BCUT2D eigenvalue weighted by atomic mass is 9.80. The van der Waals surface area contributed by atoms with Gasteiger partial charge in [0.2, 0.25) is 11.8 Å². The van der Waals surface area contributed by atoms with Crippen LogP contribution in [0.1, 0.15) is 38.5 Å². The second-order valence-electron chi connectivity index (χ2n) is 7.73. The van der Waals surface area contributed by atoms with Crippen LogP contribution in [0.5, 0.6) is 5.75 Å². The van der Waals surface area contributed by atoms with Gasteiger partial charge in [0, 0.05) is 44.5 Å². The lowest BCUT2D eigenvalue weighted by Gasteiger charge is -2.31. The molecule has 0 radical (unpaired) electrons.